The van der Waals surface area contributed by atoms with Crippen LogP contribution in [0, 0.1) is 0 Å². The third kappa shape index (κ3) is 4.18. The van der Waals surface area contributed by atoms with E-state index in [-0.39, 0.29) is 5.91 Å². The molecule has 0 bridgehead atoms. The second-order valence-electron chi connectivity index (χ2n) is 5.86. The molecule has 0 radical (unpaired) electrons. The van der Waals surface area contributed by atoms with Gasteiger partial charge < -0.3 is 4.90 Å². The van der Waals surface area contributed by atoms with Gasteiger partial charge in [0.15, 0.2) is 0 Å². The minimum atomic E-state index is 0.271. The smallest absolute Gasteiger partial charge is 0.222 e. The van der Waals surface area contributed by atoms with Gasteiger partial charge in [0.1, 0.15) is 0 Å². The number of benzene rings is 1. The number of hydrogen-bond acceptors (Lipinski definition) is 2. The molecule has 1 aromatic rings. The van der Waals surface area contributed by atoms with Gasteiger partial charge in [0, 0.05) is 38.1 Å². The molecule has 3 heteroatoms. The number of carbonyl (C=O) groups excluding carboxylic acids is 1. The summed E-state index contributed by atoms with van der Waals surface area (Å²) in [6, 6.07) is 11.2. The van der Waals surface area contributed by atoms with Gasteiger partial charge >= 0.3 is 0 Å². The minimum absolute atomic E-state index is 0.271. The van der Waals surface area contributed by atoms with Crippen molar-refractivity contribution in [3.8, 4) is 0 Å². The number of hydrogen-bond donors (Lipinski definition) is 0. The monoisotopic (exact) mass is 286 g/mol. The van der Waals surface area contributed by atoms with Crippen LogP contribution < -0.4 is 0 Å². The first-order valence-corrected chi connectivity index (χ1v) is 7.87. The molecule has 2 atom stereocenters. The summed E-state index contributed by atoms with van der Waals surface area (Å²) in [6.07, 6.45) is 5.00. The van der Waals surface area contributed by atoms with Crippen LogP contribution in [0.3, 0.4) is 0 Å². The van der Waals surface area contributed by atoms with Crippen LogP contribution in [0.1, 0.15) is 32.8 Å². The lowest BCUT2D eigenvalue weighted by Gasteiger charge is -2.44. The topological polar surface area (TPSA) is 23.6 Å². The Labute approximate surface area is 128 Å². The highest BCUT2D eigenvalue weighted by molar-refractivity contribution is 5.76. The van der Waals surface area contributed by atoms with E-state index in [1.54, 1.807) is 0 Å². The fourth-order valence-electron chi connectivity index (χ4n) is 3.02. The van der Waals surface area contributed by atoms with Crippen molar-refractivity contribution in [1.29, 1.82) is 0 Å². The standard InChI is InChI=1S/C18H26N2O/c1-4-18(21)19-13-15(2)20(16(3)14-19)12-8-11-17-9-6-5-7-10-17/h5-11,15-16H,4,12-14H2,1-3H3. The molecule has 1 heterocycles. The highest BCUT2D eigenvalue weighted by Gasteiger charge is 2.30. The van der Waals surface area contributed by atoms with Crippen LogP contribution in [-0.2, 0) is 4.79 Å². The molecule has 0 aliphatic carbocycles. The number of rotatable bonds is 4. The molecule has 21 heavy (non-hydrogen) atoms. The van der Waals surface area contributed by atoms with E-state index in [1.165, 1.54) is 5.56 Å². The zero-order valence-electron chi connectivity index (χ0n) is 13.3. The van der Waals surface area contributed by atoms with Gasteiger partial charge in [-0.05, 0) is 19.4 Å². The van der Waals surface area contributed by atoms with Gasteiger partial charge in [-0.25, -0.2) is 0 Å². The molecule has 1 saturated heterocycles. The maximum Gasteiger partial charge on any atom is 0.222 e. The Morgan fingerprint density at radius 1 is 1.19 bits per heavy atom. The van der Waals surface area contributed by atoms with Crippen molar-refractivity contribution in [3.63, 3.8) is 0 Å². The van der Waals surface area contributed by atoms with Crippen molar-refractivity contribution in [3.05, 3.63) is 42.0 Å². The number of piperazine rings is 1. The molecule has 0 aromatic heterocycles. The molecule has 0 spiro atoms. The molecule has 0 N–H and O–H groups in total. The Balaban J connectivity index is 1.92. The average molecular weight is 286 g/mol. The van der Waals surface area contributed by atoms with Crippen LogP contribution >= 0.6 is 0 Å². The van der Waals surface area contributed by atoms with Gasteiger partial charge in [-0.15, -0.1) is 0 Å². The van der Waals surface area contributed by atoms with E-state index in [1.807, 2.05) is 17.9 Å². The van der Waals surface area contributed by atoms with Crippen LogP contribution in [0.5, 0.6) is 0 Å². The Hall–Kier alpha value is -1.61. The summed E-state index contributed by atoms with van der Waals surface area (Å²) in [5.41, 5.74) is 1.23. The summed E-state index contributed by atoms with van der Waals surface area (Å²) < 4.78 is 0. The first-order chi connectivity index (χ1) is 10.1. The Morgan fingerprint density at radius 2 is 1.81 bits per heavy atom. The molecule has 0 saturated carbocycles. The van der Waals surface area contributed by atoms with E-state index < -0.39 is 0 Å². The summed E-state index contributed by atoms with van der Waals surface area (Å²) in [5.74, 6) is 0.271. The van der Waals surface area contributed by atoms with E-state index >= 15 is 0 Å². The first-order valence-electron chi connectivity index (χ1n) is 7.87. The van der Waals surface area contributed by atoms with E-state index in [4.69, 9.17) is 0 Å². The third-order valence-corrected chi connectivity index (χ3v) is 4.18. The summed E-state index contributed by atoms with van der Waals surface area (Å²) in [4.78, 5) is 16.3. The molecule has 2 unspecified atom stereocenters. The lowest BCUT2D eigenvalue weighted by atomic mass is 10.1. The summed E-state index contributed by atoms with van der Waals surface area (Å²) in [7, 11) is 0. The molecule has 1 amide bonds. The molecule has 1 aliphatic rings. The molecule has 1 aliphatic heterocycles. The molecule has 1 aromatic carbocycles. The summed E-state index contributed by atoms with van der Waals surface area (Å²) >= 11 is 0. The number of amides is 1. The van der Waals surface area contributed by atoms with E-state index in [2.05, 4.69) is 55.2 Å². The van der Waals surface area contributed by atoms with Crippen molar-refractivity contribution in [1.82, 2.24) is 9.80 Å². The van der Waals surface area contributed by atoms with Gasteiger partial charge in [-0.2, -0.15) is 0 Å². The van der Waals surface area contributed by atoms with Gasteiger partial charge in [0.05, 0.1) is 0 Å². The maximum atomic E-state index is 11.9. The zero-order chi connectivity index (χ0) is 15.2. The minimum Gasteiger partial charge on any atom is -0.340 e. The van der Waals surface area contributed by atoms with Crippen molar-refractivity contribution < 1.29 is 4.79 Å². The SMILES string of the molecule is CCC(=O)N1CC(C)N(CC=Cc2ccccc2)C(C)C1. The summed E-state index contributed by atoms with van der Waals surface area (Å²) in [6.45, 7) is 8.98. The van der Waals surface area contributed by atoms with Crippen LogP contribution in [0.15, 0.2) is 36.4 Å². The third-order valence-electron chi connectivity index (χ3n) is 4.18. The van der Waals surface area contributed by atoms with Gasteiger partial charge in [0.2, 0.25) is 5.91 Å². The van der Waals surface area contributed by atoms with Gasteiger partial charge in [-0.1, -0.05) is 49.4 Å². The lowest BCUT2D eigenvalue weighted by molar-refractivity contribution is -0.135. The van der Waals surface area contributed by atoms with Crippen molar-refractivity contribution in [2.75, 3.05) is 19.6 Å². The number of nitrogens with zero attached hydrogens (tertiary/aromatic N) is 2. The lowest BCUT2D eigenvalue weighted by Crippen LogP contribution is -2.57. The van der Waals surface area contributed by atoms with Crippen molar-refractivity contribution in [2.24, 2.45) is 0 Å². The second kappa shape index (κ2) is 7.41. The predicted octanol–water partition coefficient (Wildman–Crippen LogP) is 3.03. The molecular formula is C18H26N2O. The number of carbonyl (C=O) groups is 1. The fourth-order valence-corrected chi connectivity index (χ4v) is 3.02. The summed E-state index contributed by atoms with van der Waals surface area (Å²) in [5, 5.41) is 0. The average Bonchev–Trinajstić information content (AvgIpc) is 2.50. The highest BCUT2D eigenvalue weighted by atomic mass is 16.2. The molecule has 1 fully saturated rings. The van der Waals surface area contributed by atoms with E-state index in [0.29, 0.717) is 18.5 Å². The first kappa shape index (κ1) is 15.8. The van der Waals surface area contributed by atoms with Gasteiger partial charge in [-0.3, -0.25) is 9.69 Å². The normalized spacial score (nSPS) is 23.7. The molecular weight excluding hydrogens is 260 g/mol. The van der Waals surface area contributed by atoms with Crippen LogP contribution in [-0.4, -0.2) is 47.4 Å². The predicted molar refractivity (Wildman–Crippen MR) is 88.0 cm³/mol. The van der Waals surface area contributed by atoms with E-state index in [9.17, 15) is 4.79 Å². The Kier molecular flexibility index (Phi) is 5.57. The zero-order valence-corrected chi connectivity index (χ0v) is 13.3. The second-order valence-corrected chi connectivity index (χ2v) is 5.86. The molecule has 3 nitrogen and oxygen atoms in total. The van der Waals surface area contributed by atoms with Crippen LogP contribution in [0.25, 0.3) is 6.08 Å². The van der Waals surface area contributed by atoms with Crippen molar-refractivity contribution >= 4 is 12.0 Å². The Bertz CT molecular complexity index is 471. The quantitative estimate of drug-likeness (QED) is 0.849. The molecule has 2 rings (SSSR count). The van der Waals surface area contributed by atoms with E-state index in [0.717, 1.165) is 19.6 Å². The van der Waals surface area contributed by atoms with Crippen LogP contribution in [0.4, 0.5) is 0 Å². The maximum absolute atomic E-state index is 11.9. The fraction of sp³-hybridized carbons (Fsp3) is 0.500. The molecule has 114 valence electrons. The Morgan fingerprint density at radius 3 is 2.38 bits per heavy atom. The van der Waals surface area contributed by atoms with Crippen LogP contribution in [0.2, 0.25) is 0 Å². The largest absolute Gasteiger partial charge is 0.340 e. The van der Waals surface area contributed by atoms with Crippen molar-refractivity contribution in [2.45, 2.75) is 39.3 Å². The highest BCUT2D eigenvalue weighted by Crippen LogP contribution is 2.16. The van der Waals surface area contributed by atoms with Gasteiger partial charge in [0.25, 0.3) is 0 Å².